The lowest BCUT2D eigenvalue weighted by Gasteiger charge is -2.38. The van der Waals surface area contributed by atoms with Crippen molar-refractivity contribution in [2.24, 2.45) is 16.8 Å². The summed E-state index contributed by atoms with van der Waals surface area (Å²) in [6, 6.07) is 0. The summed E-state index contributed by atoms with van der Waals surface area (Å²) in [6.45, 7) is 14.1. The van der Waals surface area contributed by atoms with E-state index in [1.54, 1.807) is 0 Å². The standard InChI is InChI=1S/C21H41N5O.HI/c1-4-22-21(23-11-6-5-8-18(2)3)24-12-13-25-14-16-26(17-15-25)20(27)19-9-7-10-19;/h18-19H,4-17H2,1-3H3,(H2,22,23,24);1H. The third-order valence-electron chi connectivity index (χ3n) is 5.66. The minimum atomic E-state index is 0. The second kappa shape index (κ2) is 14.4. The zero-order chi connectivity index (χ0) is 19.5. The van der Waals surface area contributed by atoms with Crippen LogP contribution in [0.5, 0.6) is 0 Å². The zero-order valence-electron chi connectivity index (χ0n) is 18.2. The molecule has 28 heavy (non-hydrogen) atoms. The molecule has 1 heterocycles. The van der Waals surface area contributed by atoms with Crippen LogP contribution in [-0.4, -0.2) is 74.0 Å². The summed E-state index contributed by atoms with van der Waals surface area (Å²) in [5.41, 5.74) is 0. The van der Waals surface area contributed by atoms with Crippen LogP contribution in [0.2, 0.25) is 0 Å². The number of hydrogen-bond acceptors (Lipinski definition) is 3. The maximum atomic E-state index is 12.3. The number of halogens is 1. The van der Waals surface area contributed by atoms with Gasteiger partial charge in [0.05, 0.1) is 0 Å². The predicted octanol–water partition coefficient (Wildman–Crippen LogP) is 2.93. The number of nitrogens with zero attached hydrogens (tertiary/aromatic N) is 3. The van der Waals surface area contributed by atoms with Gasteiger partial charge < -0.3 is 15.5 Å². The average molecular weight is 508 g/mol. The summed E-state index contributed by atoms with van der Waals surface area (Å²) >= 11 is 0. The van der Waals surface area contributed by atoms with Crippen LogP contribution in [-0.2, 0) is 4.79 Å². The molecule has 1 saturated heterocycles. The highest BCUT2D eigenvalue weighted by Crippen LogP contribution is 2.28. The number of carbonyl (C=O) groups excluding carboxylic acids is 1. The molecule has 0 aromatic heterocycles. The number of rotatable bonds is 10. The van der Waals surface area contributed by atoms with Gasteiger partial charge in [-0.25, -0.2) is 0 Å². The highest BCUT2D eigenvalue weighted by atomic mass is 127. The maximum Gasteiger partial charge on any atom is 0.225 e. The summed E-state index contributed by atoms with van der Waals surface area (Å²) in [5.74, 6) is 2.45. The summed E-state index contributed by atoms with van der Waals surface area (Å²) in [6.07, 6.45) is 7.14. The molecule has 0 bridgehead atoms. The van der Waals surface area contributed by atoms with Crippen molar-refractivity contribution in [1.29, 1.82) is 0 Å². The van der Waals surface area contributed by atoms with Gasteiger partial charge in [-0.3, -0.25) is 14.7 Å². The topological polar surface area (TPSA) is 60.0 Å². The van der Waals surface area contributed by atoms with E-state index in [0.717, 1.165) is 83.5 Å². The molecule has 0 spiro atoms. The van der Waals surface area contributed by atoms with Gasteiger partial charge in [0.25, 0.3) is 0 Å². The van der Waals surface area contributed by atoms with Crippen molar-refractivity contribution in [1.82, 2.24) is 20.4 Å². The molecule has 0 aromatic carbocycles. The van der Waals surface area contributed by atoms with Crippen LogP contribution in [0.4, 0.5) is 0 Å². The SMILES string of the molecule is CCNC(=NCCCCC(C)C)NCCN1CCN(C(=O)C2CCC2)CC1.I. The molecule has 1 aliphatic carbocycles. The Morgan fingerprint density at radius 2 is 1.82 bits per heavy atom. The monoisotopic (exact) mass is 507 g/mol. The van der Waals surface area contributed by atoms with E-state index in [1.807, 2.05) is 0 Å². The second-order valence-corrected chi connectivity index (χ2v) is 8.37. The Labute approximate surface area is 189 Å². The van der Waals surface area contributed by atoms with Gasteiger partial charge in [0, 0.05) is 58.3 Å². The Kier molecular flexibility index (Phi) is 13.1. The summed E-state index contributed by atoms with van der Waals surface area (Å²) in [4.78, 5) is 21.5. The third-order valence-corrected chi connectivity index (χ3v) is 5.66. The van der Waals surface area contributed by atoms with Gasteiger partial charge in [0.1, 0.15) is 0 Å². The minimum Gasteiger partial charge on any atom is -0.357 e. The van der Waals surface area contributed by atoms with Gasteiger partial charge in [-0.1, -0.05) is 33.1 Å². The van der Waals surface area contributed by atoms with Crippen molar-refractivity contribution in [2.75, 3.05) is 52.4 Å². The average Bonchev–Trinajstić information content (AvgIpc) is 2.60. The molecule has 7 heteroatoms. The Bertz CT molecular complexity index is 460. The van der Waals surface area contributed by atoms with E-state index < -0.39 is 0 Å². The molecule has 0 radical (unpaired) electrons. The highest BCUT2D eigenvalue weighted by molar-refractivity contribution is 14.0. The van der Waals surface area contributed by atoms with E-state index in [9.17, 15) is 4.79 Å². The smallest absolute Gasteiger partial charge is 0.225 e. The first kappa shape index (κ1) is 25.5. The number of piperazine rings is 1. The van der Waals surface area contributed by atoms with Crippen molar-refractivity contribution in [3.05, 3.63) is 0 Å². The van der Waals surface area contributed by atoms with Crippen LogP contribution in [0, 0.1) is 11.8 Å². The summed E-state index contributed by atoms with van der Waals surface area (Å²) in [5, 5.41) is 6.79. The van der Waals surface area contributed by atoms with Crippen LogP contribution >= 0.6 is 24.0 Å². The molecule has 6 nitrogen and oxygen atoms in total. The lowest BCUT2D eigenvalue weighted by atomic mass is 9.84. The largest absolute Gasteiger partial charge is 0.357 e. The number of hydrogen-bond donors (Lipinski definition) is 2. The van der Waals surface area contributed by atoms with E-state index in [-0.39, 0.29) is 24.0 Å². The molecule has 1 saturated carbocycles. The molecule has 1 amide bonds. The number of amides is 1. The van der Waals surface area contributed by atoms with Crippen molar-refractivity contribution < 1.29 is 4.79 Å². The number of aliphatic imine (C=N–C) groups is 1. The fraction of sp³-hybridized carbons (Fsp3) is 0.905. The minimum absolute atomic E-state index is 0. The van der Waals surface area contributed by atoms with E-state index in [4.69, 9.17) is 0 Å². The Morgan fingerprint density at radius 3 is 2.39 bits per heavy atom. The van der Waals surface area contributed by atoms with E-state index in [0.29, 0.717) is 11.8 Å². The molecular formula is C21H42IN5O. The first-order chi connectivity index (χ1) is 13.1. The molecule has 0 unspecified atom stereocenters. The van der Waals surface area contributed by atoms with Crippen molar-refractivity contribution in [3.8, 4) is 0 Å². The molecular weight excluding hydrogens is 465 g/mol. The number of carbonyl (C=O) groups is 1. The predicted molar refractivity (Wildman–Crippen MR) is 128 cm³/mol. The quantitative estimate of drug-likeness (QED) is 0.207. The summed E-state index contributed by atoms with van der Waals surface area (Å²) < 4.78 is 0. The van der Waals surface area contributed by atoms with Crippen molar-refractivity contribution in [3.63, 3.8) is 0 Å². The second-order valence-electron chi connectivity index (χ2n) is 8.37. The molecule has 0 atom stereocenters. The first-order valence-corrected chi connectivity index (χ1v) is 11.1. The molecule has 164 valence electrons. The van der Waals surface area contributed by atoms with E-state index in [1.165, 1.54) is 19.3 Å². The fourth-order valence-corrected chi connectivity index (χ4v) is 3.63. The van der Waals surface area contributed by atoms with Gasteiger partial charge in [0.2, 0.25) is 5.91 Å². The Balaban J connectivity index is 0.00000392. The van der Waals surface area contributed by atoms with Gasteiger partial charge >= 0.3 is 0 Å². The molecule has 2 N–H and O–H groups in total. The lowest BCUT2D eigenvalue weighted by Crippen LogP contribution is -2.52. The van der Waals surface area contributed by atoms with Gasteiger partial charge in [0.15, 0.2) is 5.96 Å². The zero-order valence-corrected chi connectivity index (χ0v) is 20.5. The molecule has 2 fully saturated rings. The van der Waals surface area contributed by atoms with Gasteiger partial charge in [-0.15, -0.1) is 24.0 Å². The molecule has 2 aliphatic rings. The molecule has 2 rings (SSSR count). The van der Waals surface area contributed by atoms with Crippen molar-refractivity contribution in [2.45, 2.75) is 59.3 Å². The van der Waals surface area contributed by atoms with Crippen molar-refractivity contribution >= 4 is 35.8 Å². The van der Waals surface area contributed by atoms with Crippen LogP contribution in [0.15, 0.2) is 4.99 Å². The normalized spacial score (nSPS) is 18.6. The third kappa shape index (κ3) is 9.29. The van der Waals surface area contributed by atoms with Crippen LogP contribution in [0.1, 0.15) is 59.3 Å². The maximum absolute atomic E-state index is 12.3. The number of unbranched alkanes of at least 4 members (excludes halogenated alkanes) is 1. The van der Waals surface area contributed by atoms with E-state index >= 15 is 0 Å². The fourth-order valence-electron chi connectivity index (χ4n) is 3.63. The number of nitrogens with one attached hydrogen (secondary N) is 2. The molecule has 0 aromatic rings. The number of guanidine groups is 1. The van der Waals surface area contributed by atoms with Gasteiger partial charge in [-0.05, 0) is 32.1 Å². The summed E-state index contributed by atoms with van der Waals surface area (Å²) in [7, 11) is 0. The molecule has 1 aliphatic heterocycles. The van der Waals surface area contributed by atoms with Crippen LogP contribution in [0.25, 0.3) is 0 Å². The van der Waals surface area contributed by atoms with E-state index in [2.05, 4.69) is 46.2 Å². The lowest BCUT2D eigenvalue weighted by molar-refractivity contribution is -0.139. The van der Waals surface area contributed by atoms with Crippen LogP contribution in [0.3, 0.4) is 0 Å². The Morgan fingerprint density at radius 1 is 1.11 bits per heavy atom. The van der Waals surface area contributed by atoms with Crippen LogP contribution < -0.4 is 10.6 Å². The Hall–Kier alpha value is -0.570. The first-order valence-electron chi connectivity index (χ1n) is 11.1. The highest BCUT2D eigenvalue weighted by Gasteiger charge is 2.30. The van der Waals surface area contributed by atoms with Gasteiger partial charge in [-0.2, -0.15) is 0 Å².